The molecule has 0 radical (unpaired) electrons. The molecule has 4 rings (SSSR count). The molecule has 158 valence electrons. The molecular weight excluding hydrogens is 455 g/mol. The van der Waals surface area contributed by atoms with Crippen LogP contribution in [-0.2, 0) is 24.3 Å². The summed E-state index contributed by atoms with van der Waals surface area (Å²) in [5, 5.41) is 4.46. The van der Waals surface area contributed by atoms with Gasteiger partial charge in [0.2, 0.25) is 5.91 Å². The van der Waals surface area contributed by atoms with Crippen LogP contribution >= 0.6 is 34.8 Å². The summed E-state index contributed by atoms with van der Waals surface area (Å²) in [6.07, 6.45) is 2.52. The second-order valence-electron chi connectivity index (χ2n) is 7.05. The van der Waals surface area contributed by atoms with Crippen LogP contribution < -0.4 is 5.32 Å². The third kappa shape index (κ3) is 5.18. The maximum atomic E-state index is 12.5. The second kappa shape index (κ2) is 9.69. The number of nitrogens with zero attached hydrogens (tertiary/aromatic N) is 3. The third-order valence-corrected chi connectivity index (χ3v) is 6.02. The minimum Gasteiger partial charge on any atom is -0.350 e. The fraction of sp³-hybridized carbons (Fsp3) is 0.174. The molecule has 2 aromatic carbocycles. The van der Waals surface area contributed by atoms with Gasteiger partial charge in [-0.3, -0.25) is 9.78 Å². The molecule has 0 fully saturated rings. The maximum absolute atomic E-state index is 12.5. The van der Waals surface area contributed by atoms with Gasteiger partial charge >= 0.3 is 0 Å². The number of amides is 1. The molecule has 0 saturated heterocycles. The zero-order chi connectivity index (χ0) is 21.8. The van der Waals surface area contributed by atoms with Crippen molar-refractivity contribution in [2.24, 2.45) is 0 Å². The van der Waals surface area contributed by atoms with E-state index in [2.05, 4.69) is 10.3 Å². The Bertz CT molecular complexity index is 1220. The number of aryl methyl sites for hydroxylation is 1. The van der Waals surface area contributed by atoms with Crippen molar-refractivity contribution in [1.82, 2.24) is 19.9 Å². The molecule has 0 bridgehead atoms. The molecule has 0 spiro atoms. The first-order chi connectivity index (χ1) is 15.0. The Hall–Kier alpha value is -2.60. The molecule has 31 heavy (non-hydrogen) atoms. The van der Waals surface area contributed by atoms with Crippen molar-refractivity contribution >= 4 is 51.7 Å². The molecule has 1 N–H and O–H groups in total. The van der Waals surface area contributed by atoms with Crippen LogP contribution in [0.3, 0.4) is 0 Å². The first-order valence-electron chi connectivity index (χ1n) is 9.75. The highest BCUT2D eigenvalue weighted by Crippen LogP contribution is 2.30. The van der Waals surface area contributed by atoms with Gasteiger partial charge in [-0.05, 0) is 35.9 Å². The van der Waals surface area contributed by atoms with Gasteiger partial charge in [-0.25, -0.2) is 4.98 Å². The summed E-state index contributed by atoms with van der Waals surface area (Å²) in [5.41, 5.74) is 3.32. The number of carbonyl (C=O) groups excluding carboxylic acids is 1. The van der Waals surface area contributed by atoms with E-state index in [1.807, 2.05) is 47.0 Å². The lowest BCUT2D eigenvalue weighted by Crippen LogP contribution is -2.24. The maximum Gasteiger partial charge on any atom is 0.222 e. The van der Waals surface area contributed by atoms with Gasteiger partial charge in [-0.2, -0.15) is 0 Å². The summed E-state index contributed by atoms with van der Waals surface area (Å²) < 4.78 is 2.00. The van der Waals surface area contributed by atoms with Crippen LogP contribution in [0, 0.1) is 0 Å². The Labute approximate surface area is 195 Å². The van der Waals surface area contributed by atoms with Crippen LogP contribution in [0.25, 0.3) is 11.0 Å². The van der Waals surface area contributed by atoms with Crippen LogP contribution in [0.15, 0.2) is 60.8 Å². The topological polar surface area (TPSA) is 59.8 Å². The Morgan fingerprint density at radius 1 is 0.968 bits per heavy atom. The van der Waals surface area contributed by atoms with Gasteiger partial charge in [0.05, 0.1) is 33.3 Å². The number of aromatic nitrogens is 3. The summed E-state index contributed by atoms with van der Waals surface area (Å²) in [4.78, 5) is 21.4. The predicted molar refractivity (Wildman–Crippen MR) is 125 cm³/mol. The highest BCUT2D eigenvalue weighted by atomic mass is 35.5. The number of imidazole rings is 1. The summed E-state index contributed by atoms with van der Waals surface area (Å²) in [7, 11) is 0. The summed E-state index contributed by atoms with van der Waals surface area (Å²) >= 11 is 18.8. The molecule has 0 atom stereocenters. The van der Waals surface area contributed by atoms with Crippen LogP contribution in [0.4, 0.5) is 0 Å². The minimum atomic E-state index is -0.0729. The van der Waals surface area contributed by atoms with Gasteiger partial charge in [0.1, 0.15) is 5.82 Å². The SMILES string of the molecule is O=C(CCn1c(Cc2ccccc2Cl)nc2cc(Cl)c(Cl)cc21)NCc1ccccn1. The summed E-state index contributed by atoms with van der Waals surface area (Å²) in [5.74, 6) is 0.718. The second-order valence-corrected chi connectivity index (χ2v) is 8.27. The molecule has 4 aromatic rings. The van der Waals surface area contributed by atoms with Crippen molar-refractivity contribution in [3.8, 4) is 0 Å². The number of benzene rings is 2. The zero-order valence-electron chi connectivity index (χ0n) is 16.5. The van der Waals surface area contributed by atoms with Crippen molar-refractivity contribution < 1.29 is 4.79 Å². The first-order valence-corrected chi connectivity index (χ1v) is 10.9. The monoisotopic (exact) mass is 472 g/mol. The molecular formula is C23H19Cl3N4O. The number of pyridine rings is 1. The fourth-order valence-corrected chi connectivity index (χ4v) is 3.88. The fourth-order valence-electron chi connectivity index (χ4n) is 3.36. The van der Waals surface area contributed by atoms with Gasteiger partial charge in [0, 0.05) is 30.6 Å². The Morgan fingerprint density at radius 2 is 1.74 bits per heavy atom. The first kappa shape index (κ1) is 21.6. The number of hydrogen-bond acceptors (Lipinski definition) is 3. The van der Waals surface area contributed by atoms with Crippen LogP contribution in [-0.4, -0.2) is 20.4 Å². The summed E-state index contributed by atoms with van der Waals surface area (Å²) in [6.45, 7) is 0.834. The Balaban J connectivity index is 1.56. The molecule has 0 aliphatic rings. The molecule has 8 heteroatoms. The smallest absolute Gasteiger partial charge is 0.222 e. The molecule has 2 heterocycles. The van der Waals surface area contributed by atoms with E-state index in [0.29, 0.717) is 34.6 Å². The van der Waals surface area contributed by atoms with E-state index in [9.17, 15) is 4.79 Å². The number of halogens is 3. The number of rotatable bonds is 7. The van der Waals surface area contributed by atoms with Crippen LogP contribution in [0.5, 0.6) is 0 Å². The highest BCUT2D eigenvalue weighted by Gasteiger charge is 2.16. The highest BCUT2D eigenvalue weighted by molar-refractivity contribution is 6.42. The average Bonchev–Trinajstić information content (AvgIpc) is 3.09. The Morgan fingerprint density at radius 3 is 2.52 bits per heavy atom. The largest absolute Gasteiger partial charge is 0.350 e. The quantitative estimate of drug-likeness (QED) is 0.375. The Kier molecular flexibility index (Phi) is 6.76. The van der Waals surface area contributed by atoms with E-state index in [4.69, 9.17) is 39.8 Å². The van der Waals surface area contributed by atoms with Crippen molar-refractivity contribution in [3.05, 3.63) is 92.9 Å². The standard InChI is InChI=1S/C23H19Cl3N4O/c24-17-7-2-1-5-15(17)11-22-29-20-12-18(25)19(26)13-21(20)30(22)10-8-23(31)28-14-16-6-3-4-9-27-16/h1-7,9,12-13H,8,10-11,14H2,(H,28,31). The van der Waals surface area contributed by atoms with Gasteiger partial charge in [-0.1, -0.05) is 59.1 Å². The lowest BCUT2D eigenvalue weighted by molar-refractivity contribution is -0.121. The van der Waals surface area contributed by atoms with Crippen molar-refractivity contribution in [3.63, 3.8) is 0 Å². The number of nitrogens with one attached hydrogen (secondary N) is 1. The van der Waals surface area contributed by atoms with Crippen LogP contribution in [0.2, 0.25) is 15.1 Å². The van der Waals surface area contributed by atoms with Crippen molar-refractivity contribution in [1.29, 1.82) is 0 Å². The number of hydrogen-bond donors (Lipinski definition) is 1. The van der Waals surface area contributed by atoms with Gasteiger partial charge in [0.15, 0.2) is 0 Å². The molecule has 1 amide bonds. The third-order valence-electron chi connectivity index (χ3n) is 4.93. The van der Waals surface area contributed by atoms with Gasteiger partial charge < -0.3 is 9.88 Å². The molecule has 2 aromatic heterocycles. The molecule has 0 aliphatic carbocycles. The van der Waals surface area contributed by atoms with E-state index in [1.165, 1.54) is 0 Å². The lowest BCUT2D eigenvalue weighted by Gasteiger charge is -2.11. The van der Waals surface area contributed by atoms with E-state index < -0.39 is 0 Å². The van der Waals surface area contributed by atoms with E-state index in [1.54, 1.807) is 18.3 Å². The predicted octanol–water partition coefficient (Wildman–Crippen LogP) is 5.69. The van der Waals surface area contributed by atoms with E-state index >= 15 is 0 Å². The number of fused-ring (bicyclic) bond motifs is 1. The normalized spacial score (nSPS) is 11.1. The minimum absolute atomic E-state index is 0.0729. The average molecular weight is 474 g/mol. The molecule has 0 aliphatic heterocycles. The zero-order valence-corrected chi connectivity index (χ0v) is 18.8. The van der Waals surface area contributed by atoms with Gasteiger partial charge in [-0.15, -0.1) is 0 Å². The molecule has 0 saturated carbocycles. The van der Waals surface area contributed by atoms with Crippen LogP contribution in [0.1, 0.15) is 23.5 Å². The number of carbonyl (C=O) groups is 1. The molecule has 5 nitrogen and oxygen atoms in total. The van der Waals surface area contributed by atoms with Gasteiger partial charge in [0.25, 0.3) is 0 Å². The van der Waals surface area contributed by atoms with E-state index in [0.717, 1.165) is 28.1 Å². The van der Waals surface area contributed by atoms with Crippen molar-refractivity contribution in [2.75, 3.05) is 0 Å². The van der Waals surface area contributed by atoms with E-state index in [-0.39, 0.29) is 12.3 Å². The lowest BCUT2D eigenvalue weighted by atomic mass is 10.1. The van der Waals surface area contributed by atoms with Crippen molar-refractivity contribution in [2.45, 2.75) is 25.9 Å². The molecule has 0 unspecified atom stereocenters. The summed E-state index contributed by atoms with van der Waals surface area (Å²) in [6, 6.07) is 16.8.